The number of rotatable bonds is 5. The molecule has 0 spiro atoms. The van der Waals surface area contributed by atoms with Crippen LogP contribution in [0.4, 0.5) is 9.18 Å². The number of aliphatic hydroxyl groups is 1. The molecule has 3 aromatic heterocycles. The van der Waals surface area contributed by atoms with E-state index in [4.69, 9.17) is 4.74 Å². The predicted octanol–water partition coefficient (Wildman–Crippen LogP) is 3.18. The van der Waals surface area contributed by atoms with Crippen LogP contribution in [0.2, 0.25) is 0 Å². The van der Waals surface area contributed by atoms with Gasteiger partial charge in [0, 0.05) is 62.2 Å². The number of alkyl halides is 1. The molecule has 1 aliphatic heterocycles. The zero-order valence-electron chi connectivity index (χ0n) is 23.4. The summed E-state index contributed by atoms with van der Waals surface area (Å²) in [6.07, 6.45) is 5.92. The minimum absolute atomic E-state index is 0.0856. The van der Waals surface area contributed by atoms with Crippen molar-refractivity contribution in [2.24, 2.45) is 7.05 Å². The van der Waals surface area contributed by atoms with Crippen molar-refractivity contribution in [2.45, 2.75) is 51.0 Å². The van der Waals surface area contributed by atoms with E-state index in [1.54, 1.807) is 55.8 Å². The highest BCUT2D eigenvalue weighted by molar-refractivity contribution is 5.68. The summed E-state index contributed by atoms with van der Waals surface area (Å²) in [6, 6.07) is 8.87. The molecule has 0 bridgehead atoms. The number of aromatic nitrogens is 6. The number of carbonyl (C=O) groups is 1. The lowest BCUT2D eigenvalue weighted by atomic mass is 9.85. The van der Waals surface area contributed by atoms with Crippen molar-refractivity contribution in [3.8, 4) is 17.1 Å². The van der Waals surface area contributed by atoms with Crippen molar-refractivity contribution in [2.75, 3.05) is 13.1 Å². The van der Waals surface area contributed by atoms with Crippen molar-refractivity contribution in [3.63, 3.8) is 0 Å². The number of aryl methyl sites for hydroxylation is 1. The number of piperidine rings is 1. The number of hydrogen-bond donors (Lipinski definition) is 1. The number of nitrogens with zero attached hydrogens (tertiary/aromatic N) is 7. The van der Waals surface area contributed by atoms with Crippen LogP contribution in [0.3, 0.4) is 0 Å². The number of carbonyl (C=O) groups excluding carboxylic acids is 1. The molecule has 0 saturated carbocycles. The summed E-state index contributed by atoms with van der Waals surface area (Å²) in [5, 5.41) is 19.3. The van der Waals surface area contributed by atoms with Gasteiger partial charge in [0.2, 0.25) is 5.43 Å². The van der Waals surface area contributed by atoms with E-state index >= 15 is 4.39 Å². The van der Waals surface area contributed by atoms with E-state index in [0.29, 0.717) is 23.5 Å². The molecule has 11 nitrogen and oxygen atoms in total. The van der Waals surface area contributed by atoms with Crippen molar-refractivity contribution < 1.29 is 19.0 Å². The Labute approximate surface area is 236 Å². The monoisotopic (exact) mass is 561 g/mol. The molecule has 12 heteroatoms. The van der Waals surface area contributed by atoms with Crippen LogP contribution >= 0.6 is 0 Å². The molecule has 1 N–H and O–H groups in total. The lowest BCUT2D eigenvalue weighted by Crippen LogP contribution is -2.53. The fourth-order valence-corrected chi connectivity index (χ4v) is 4.68. The van der Waals surface area contributed by atoms with Gasteiger partial charge in [0.15, 0.2) is 11.5 Å². The van der Waals surface area contributed by atoms with E-state index in [2.05, 4.69) is 20.2 Å². The van der Waals surface area contributed by atoms with Crippen molar-refractivity contribution in [3.05, 3.63) is 88.4 Å². The molecule has 1 aliphatic rings. The van der Waals surface area contributed by atoms with Gasteiger partial charge in [-0.05, 0) is 32.4 Å². The SMILES string of the molecule is Cn1cc(-n2ccc(=O)c(Cc3cccc(-c4ncc([C@]5(F)CCN(C(=O)OC(C)(C)C)C[C@@H]5O)cn4)c3)n2)cn1. The highest BCUT2D eigenvalue weighted by atomic mass is 19.1. The van der Waals surface area contributed by atoms with Gasteiger partial charge in [-0.2, -0.15) is 10.2 Å². The summed E-state index contributed by atoms with van der Waals surface area (Å²) in [5.74, 6) is 0.369. The second-order valence-corrected chi connectivity index (χ2v) is 11.2. The minimum atomic E-state index is -2.11. The zero-order chi connectivity index (χ0) is 29.4. The lowest BCUT2D eigenvalue weighted by molar-refractivity contribution is -0.0747. The van der Waals surface area contributed by atoms with Crippen molar-refractivity contribution in [1.82, 2.24) is 34.4 Å². The van der Waals surface area contributed by atoms with Crippen molar-refractivity contribution in [1.29, 1.82) is 0 Å². The third-order valence-corrected chi connectivity index (χ3v) is 6.84. The number of benzene rings is 1. The van der Waals surface area contributed by atoms with Crippen LogP contribution in [0.25, 0.3) is 17.1 Å². The maximum atomic E-state index is 16.0. The van der Waals surface area contributed by atoms with Gasteiger partial charge in [0.1, 0.15) is 23.1 Å². The van der Waals surface area contributed by atoms with Crippen molar-refractivity contribution >= 4 is 6.09 Å². The molecular formula is C29H32FN7O4. The largest absolute Gasteiger partial charge is 0.444 e. The highest BCUT2D eigenvalue weighted by Gasteiger charge is 2.46. The molecule has 5 rings (SSSR count). The molecule has 0 unspecified atom stereocenters. The lowest BCUT2D eigenvalue weighted by Gasteiger charge is -2.40. The molecular weight excluding hydrogens is 529 g/mol. The molecule has 214 valence electrons. The first-order valence-electron chi connectivity index (χ1n) is 13.3. The van der Waals surface area contributed by atoms with Crippen LogP contribution in [0.1, 0.15) is 44.0 Å². The third-order valence-electron chi connectivity index (χ3n) is 6.84. The molecule has 1 fully saturated rings. The smallest absolute Gasteiger partial charge is 0.410 e. The van der Waals surface area contributed by atoms with Crippen LogP contribution < -0.4 is 5.43 Å². The highest BCUT2D eigenvalue weighted by Crippen LogP contribution is 2.37. The second-order valence-electron chi connectivity index (χ2n) is 11.2. The summed E-state index contributed by atoms with van der Waals surface area (Å²) in [6.45, 7) is 5.13. The summed E-state index contributed by atoms with van der Waals surface area (Å²) in [5.41, 5.74) is -0.214. The molecule has 1 amide bonds. The Bertz CT molecular complexity index is 1610. The quantitative estimate of drug-likeness (QED) is 0.394. The standard InChI is InChI=1S/C29H32FN7O4/c1-28(2,3)41-27(40)36-11-9-29(30,25(39)18-36)21-14-31-26(32-15-21)20-7-5-6-19(12-20)13-23-24(38)8-10-37(34-23)22-16-33-35(4)17-22/h5-8,10,12,14-17,25,39H,9,11,13,18H2,1-4H3/t25-,29+/m0/s1. The molecule has 1 saturated heterocycles. The first-order chi connectivity index (χ1) is 19.4. The molecule has 0 radical (unpaired) electrons. The number of β-amino-alcohol motifs (C(OH)–C–C–N with tert-alkyl or cyclic N) is 1. The second kappa shape index (κ2) is 10.8. The zero-order valence-corrected chi connectivity index (χ0v) is 23.4. The van der Waals surface area contributed by atoms with Crippen LogP contribution in [0, 0.1) is 0 Å². The minimum Gasteiger partial charge on any atom is -0.444 e. The Hall–Kier alpha value is -4.45. The van der Waals surface area contributed by atoms with E-state index in [0.717, 1.165) is 11.3 Å². The van der Waals surface area contributed by atoms with E-state index in [-0.39, 0.29) is 30.5 Å². The first-order valence-corrected chi connectivity index (χ1v) is 13.3. The normalized spacial score (nSPS) is 19.3. The topological polar surface area (TPSA) is 128 Å². The van der Waals surface area contributed by atoms with Gasteiger partial charge in [0.25, 0.3) is 0 Å². The maximum absolute atomic E-state index is 16.0. The van der Waals surface area contributed by atoms with E-state index in [1.807, 2.05) is 24.3 Å². The van der Waals surface area contributed by atoms with Crippen LogP contribution in [0.5, 0.6) is 0 Å². The number of likely N-dealkylation sites (tertiary alicyclic amines) is 1. The fourth-order valence-electron chi connectivity index (χ4n) is 4.68. The van der Waals surface area contributed by atoms with Gasteiger partial charge in [-0.3, -0.25) is 9.48 Å². The Kier molecular flexibility index (Phi) is 7.43. The number of amides is 1. The van der Waals surface area contributed by atoms with Gasteiger partial charge in [-0.25, -0.2) is 23.8 Å². The molecule has 0 aliphatic carbocycles. The Morgan fingerprint density at radius 1 is 1.20 bits per heavy atom. The third kappa shape index (κ3) is 6.17. The molecule has 4 heterocycles. The van der Waals surface area contributed by atoms with Gasteiger partial charge in [-0.1, -0.05) is 18.2 Å². The van der Waals surface area contributed by atoms with Crippen LogP contribution in [-0.4, -0.2) is 70.4 Å². The van der Waals surface area contributed by atoms with Gasteiger partial charge in [-0.15, -0.1) is 0 Å². The Morgan fingerprint density at radius 3 is 2.61 bits per heavy atom. The van der Waals surface area contributed by atoms with E-state index in [1.165, 1.54) is 23.4 Å². The Morgan fingerprint density at radius 2 is 1.95 bits per heavy atom. The predicted molar refractivity (Wildman–Crippen MR) is 148 cm³/mol. The van der Waals surface area contributed by atoms with Crippen LogP contribution in [0.15, 0.2) is 66.1 Å². The van der Waals surface area contributed by atoms with E-state index in [9.17, 15) is 14.7 Å². The van der Waals surface area contributed by atoms with Gasteiger partial charge < -0.3 is 14.7 Å². The Balaban J connectivity index is 1.30. The number of hydrogen-bond acceptors (Lipinski definition) is 8. The maximum Gasteiger partial charge on any atom is 0.410 e. The average molecular weight is 562 g/mol. The molecule has 41 heavy (non-hydrogen) atoms. The first kappa shape index (κ1) is 28.1. The average Bonchev–Trinajstić information content (AvgIpc) is 3.37. The summed E-state index contributed by atoms with van der Waals surface area (Å²) in [4.78, 5) is 34.9. The number of aliphatic hydroxyl groups excluding tert-OH is 1. The number of ether oxygens (including phenoxy) is 1. The fraction of sp³-hybridized carbons (Fsp3) is 0.379. The molecule has 2 atom stereocenters. The summed E-state index contributed by atoms with van der Waals surface area (Å²) in [7, 11) is 1.80. The molecule has 4 aromatic rings. The van der Waals surface area contributed by atoms with Crippen LogP contribution in [-0.2, 0) is 23.9 Å². The summed E-state index contributed by atoms with van der Waals surface area (Å²) >= 11 is 0. The van der Waals surface area contributed by atoms with Gasteiger partial charge in [0.05, 0.1) is 18.9 Å². The number of halogens is 1. The molecule has 1 aromatic carbocycles. The van der Waals surface area contributed by atoms with E-state index < -0.39 is 23.5 Å². The summed E-state index contributed by atoms with van der Waals surface area (Å²) < 4.78 is 24.6. The van der Waals surface area contributed by atoms with Gasteiger partial charge >= 0.3 is 6.09 Å².